The van der Waals surface area contributed by atoms with Crippen LogP contribution in [-0.4, -0.2) is 55.0 Å². The van der Waals surface area contributed by atoms with Crippen LogP contribution in [0.25, 0.3) is 0 Å². The van der Waals surface area contributed by atoms with Crippen LogP contribution < -0.4 is 5.32 Å². The van der Waals surface area contributed by atoms with Crippen LogP contribution >= 0.6 is 0 Å². The van der Waals surface area contributed by atoms with Crippen LogP contribution in [0.4, 0.5) is 13.2 Å². The lowest BCUT2D eigenvalue weighted by Crippen LogP contribution is -2.57. The van der Waals surface area contributed by atoms with Crippen molar-refractivity contribution >= 4 is 11.9 Å². The number of hydrogen-bond acceptors (Lipinski definition) is 5. The fourth-order valence-electron chi connectivity index (χ4n) is 2.44. The van der Waals surface area contributed by atoms with Crippen LogP contribution in [0.15, 0.2) is 0 Å². The Balaban J connectivity index is 1.69. The zero-order valence-corrected chi connectivity index (χ0v) is 12.2. The predicted octanol–water partition coefficient (Wildman–Crippen LogP) is 1.01. The van der Waals surface area contributed by atoms with Gasteiger partial charge in [-0.05, 0) is 26.2 Å². The monoisotopic (exact) mass is 324 g/mol. The summed E-state index contributed by atoms with van der Waals surface area (Å²) in [5.74, 6) is -3.01. The minimum Gasteiger partial charge on any atom is -0.376 e. The van der Waals surface area contributed by atoms with Crippen molar-refractivity contribution < 1.29 is 32.3 Å². The molecule has 1 N–H and O–H groups in total. The number of nitrogens with one attached hydrogen (secondary N) is 1. The van der Waals surface area contributed by atoms with Crippen LogP contribution in [0, 0.1) is 5.92 Å². The normalized spacial score (nSPS) is 25.2. The van der Waals surface area contributed by atoms with E-state index < -0.39 is 18.1 Å². The van der Waals surface area contributed by atoms with E-state index in [0.717, 1.165) is 24.3 Å². The summed E-state index contributed by atoms with van der Waals surface area (Å²) in [6.07, 6.45) is -2.12. The zero-order chi connectivity index (χ0) is 16.3. The fourth-order valence-corrected chi connectivity index (χ4v) is 2.44. The number of rotatable bonds is 4. The molecular formula is C13H19F3N2O4. The van der Waals surface area contributed by atoms with Crippen molar-refractivity contribution in [3.63, 3.8) is 0 Å². The van der Waals surface area contributed by atoms with Crippen molar-refractivity contribution in [2.45, 2.75) is 44.5 Å². The van der Waals surface area contributed by atoms with Crippen LogP contribution in [0.1, 0.15) is 26.2 Å². The molecule has 2 fully saturated rings. The molecule has 2 rings (SSSR count). The Morgan fingerprint density at radius 2 is 2.00 bits per heavy atom. The highest BCUT2D eigenvalue weighted by Gasteiger charge is 2.45. The van der Waals surface area contributed by atoms with Gasteiger partial charge < -0.3 is 14.9 Å². The number of carbonyl (C=O) groups excluding carboxylic acids is 2. The van der Waals surface area contributed by atoms with Crippen molar-refractivity contribution in [2.24, 2.45) is 5.92 Å². The van der Waals surface area contributed by atoms with Gasteiger partial charge in [-0.3, -0.25) is 4.79 Å². The summed E-state index contributed by atoms with van der Waals surface area (Å²) in [6, 6.07) is -0.153. The molecule has 2 aliphatic heterocycles. The molecule has 0 spiro atoms. The van der Waals surface area contributed by atoms with Crippen molar-refractivity contribution in [2.75, 3.05) is 19.7 Å². The summed E-state index contributed by atoms with van der Waals surface area (Å²) >= 11 is 0. The third kappa shape index (κ3) is 4.33. The van der Waals surface area contributed by atoms with E-state index >= 15 is 0 Å². The quantitative estimate of drug-likeness (QED) is 0.836. The first-order valence-corrected chi connectivity index (χ1v) is 7.23. The molecule has 2 heterocycles. The van der Waals surface area contributed by atoms with Crippen molar-refractivity contribution in [1.29, 1.82) is 0 Å². The molecule has 0 bridgehead atoms. The number of halogens is 3. The summed E-state index contributed by atoms with van der Waals surface area (Å²) in [7, 11) is 0. The summed E-state index contributed by atoms with van der Waals surface area (Å²) in [5.41, 5.74) is 0. The second-order valence-electron chi connectivity index (χ2n) is 5.62. The third-order valence-corrected chi connectivity index (χ3v) is 3.80. The summed E-state index contributed by atoms with van der Waals surface area (Å²) < 4.78 is 41.6. The molecule has 6 nitrogen and oxygen atoms in total. The zero-order valence-electron chi connectivity index (χ0n) is 12.2. The first-order valence-electron chi connectivity index (χ1n) is 7.23. The van der Waals surface area contributed by atoms with Crippen LogP contribution in [0.3, 0.4) is 0 Å². The van der Waals surface area contributed by atoms with Crippen molar-refractivity contribution in [1.82, 2.24) is 10.4 Å². The van der Waals surface area contributed by atoms with E-state index in [1.54, 1.807) is 0 Å². The van der Waals surface area contributed by atoms with Crippen molar-refractivity contribution in [3.05, 3.63) is 0 Å². The third-order valence-electron chi connectivity index (χ3n) is 3.80. The molecule has 0 aliphatic carbocycles. The highest BCUT2D eigenvalue weighted by atomic mass is 19.4. The van der Waals surface area contributed by atoms with E-state index in [0.29, 0.717) is 6.61 Å². The maximum atomic E-state index is 12.0. The molecule has 0 radical (unpaired) electrons. The molecule has 0 aromatic carbocycles. The van der Waals surface area contributed by atoms with Gasteiger partial charge in [0, 0.05) is 19.7 Å². The SMILES string of the molecule is CC(NC(=O)C1CN(OC(=O)C(F)(F)F)C1)C1CCCCO1. The highest BCUT2D eigenvalue weighted by Crippen LogP contribution is 2.22. The van der Waals surface area contributed by atoms with E-state index in [1.807, 2.05) is 6.92 Å². The average Bonchev–Trinajstić information content (AvgIpc) is 2.41. The molecule has 2 atom stereocenters. The maximum absolute atomic E-state index is 12.0. The lowest BCUT2D eigenvalue weighted by molar-refractivity contribution is -0.257. The molecule has 0 aromatic rings. The number of hydrogen-bond donors (Lipinski definition) is 1. The predicted molar refractivity (Wildman–Crippen MR) is 68.4 cm³/mol. The first kappa shape index (κ1) is 17.0. The molecule has 22 heavy (non-hydrogen) atoms. The van der Waals surface area contributed by atoms with E-state index in [2.05, 4.69) is 10.2 Å². The van der Waals surface area contributed by atoms with Gasteiger partial charge in [-0.25, -0.2) is 4.79 Å². The van der Waals surface area contributed by atoms with Crippen LogP contribution in [-0.2, 0) is 19.2 Å². The highest BCUT2D eigenvalue weighted by molar-refractivity contribution is 5.80. The molecule has 9 heteroatoms. The van der Waals surface area contributed by atoms with E-state index in [9.17, 15) is 22.8 Å². The Morgan fingerprint density at radius 3 is 2.55 bits per heavy atom. The lowest BCUT2D eigenvalue weighted by Gasteiger charge is -2.37. The number of carbonyl (C=O) groups is 2. The molecule has 2 aliphatic rings. The number of alkyl halides is 3. The average molecular weight is 324 g/mol. The smallest absolute Gasteiger partial charge is 0.376 e. The number of ether oxygens (including phenoxy) is 1. The minimum atomic E-state index is -5.03. The van der Waals surface area contributed by atoms with Gasteiger partial charge in [-0.2, -0.15) is 13.2 Å². The van der Waals surface area contributed by atoms with Gasteiger partial charge in [0.2, 0.25) is 5.91 Å². The topological polar surface area (TPSA) is 67.9 Å². The summed E-state index contributed by atoms with van der Waals surface area (Å²) in [6.45, 7) is 2.45. The first-order chi connectivity index (χ1) is 10.3. The largest absolute Gasteiger partial charge is 0.492 e. The van der Waals surface area contributed by atoms with E-state index in [4.69, 9.17) is 4.74 Å². The van der Waals surface area contributed by atoms with Gasteiger partial charge in [0.25, 0.3) is 0 Å². The Kier molecular flexibility index (Phi) is 5.28. The standard InChI is InChI=1S/C13H19F3N2O4/c1-8(10-4-2-3-5-21-10)17-11(19)9-6-18(7-9)22-12(20)13(14,15)16/h8-10H,2-7H2,1H3,(H,17,19). The maximum Gasteiger partial charge on any atom is 0.492 e. The Hall–Kier alpha value is -1.35. The lowest BCUT2D eigenvalue weighted by atomic mass is 9.99. The Labute approximate surface area is 125 Å². The van der Waals surface area contributed by atoms with E-state index in [-0.39, 0.29) is 31.1 Å². The molecular weight excluding hydrogens is 305 g/mol. The van der Waals surface area contributed by atoms with Gasteiger partial charge in [0.15, 0.2) is 0 Å². The van der Waals surface area contributed by atoms with Gasteiger partial charge in [-0.15, -0.1) is 5.06 Å². The molecule has 1 amide bonds. The van der Waals surface area contributed by atoms with Gasteiger partial charge >= 0.3 is 12.1 Å². The second kappa shape index (κ2) is 6.82. The molecule has 126 valence electrons. The van der Waals surface area contributed by atoms with Crippen LogP contribution in [0.2, 0.25) is 0 Å². The summed E-state index contributed by atoms with van der Waals surface area (Å²) in [4.78, 5) is 26.7. The van der Waals surface area contributed by atoms with Crippen molar-refractivity contribution in [3.8, 4) is 0 Å². The minimum absolute atomic E-state index is 0.0306. The molecule has 0 saturated carbocycles. The number of amides is 1. The fraction of sp³-hybridized carbons (Fsp3) is 0.846. The number of hydroxylamine groups is 2. The van der Waals surface area contributed by atoms with Gasteiger partial charge in [-0.1, -0.05) is 0 Å². The van der Waals surface area contributed by atoms with E-state index in [1.165, 1.54) is 0 Å². The second-order valence-corrected chi connectivity index (χ2v) is 5.62. The Bertz CT molecular complexity index is 418. The molecule has 2 unspecified atom stereocenters. The summed E-state index contributed by atoms with van der Waals surface area (Å²) in [5, 5.41) is 3.64. The Morgan fingerprint density at radius 1 is 1.32 bits per heavy atom. The van der Waals surface area contributed by atoms with Gasteiger partial charge in [0.1, 0.15) is 0 Å². The van der Waals surface area contributed by atoms with Gasteiger partial charge in [0.05, 0.1) is 18.1 Å². The molecule has 0 aromatic heterocycles. The van der Waals surface area contributed by atoms with Crippen LogP contribution in [0.5, 0.6) is 0 Å². The number of nitrogens with zero attached hydrogens (tertiary/aromatic N) is 1. The molecule has 2 saturated heterocycles.